The highest BCUT2D eigenvalue weighted by Crippen LogP contribution is 2.28. The molecule has 0 aliphatic carbocycles. The first-order valence-electron chi connectivity index (χ1n) is 6.21. The fraction of sp³-hybridized carbons (Fsp3) is 0.833. The van der Waals surface area contributed by atoms with E-state index in [4.69, 9.17) is 4.55 Å². The highest BCUT2D eigenvalue weighted by atomic mass is 32.2. The van der Waals surface area contributed by atoms with Crippen LogP contribution in [0, 0.1) is 5.41 Å². The summed E-state index contributed by atoms with van der Waals surface area (Å²) in [6.07, 6.45) is 2.64. The van der Waals surface area contributed by atoms with E-state index < -0.39 is 10.1 Å². The van der Waals surface area contributed by atoms with Gasteiger partial charge < -0.3 is 10.1 Å². The number of hydrogen-bond donors (Lipinski definition) is 2. The van der Waals surface area contributed by atoms with Gasteiger partial charge in [0.15, 0.2) is 0 Å². The van der Waals surface area contributed by atoms with Gasteiger partial charge >= 0.3 is 0 Å². The molecule has 0 aliphatic heterocycles. The van der Waals surface area contributed by atoms with Crippen LogP contribution >= 0.6 is 0 Å². The lowest BCUT2D eigenvalue weighted by Crippen LogP contribution is -2.38. The van der Waals surface area contributed by atoms with Gasteiger partial charge in [0, 0.05) is 19.4 Å². The molecule has 19 heavy (non-hydrogen) atoms. The Labute approximate surface area is 114 Å². The van der Waals surface area contributed by atoms with Crippen LogP contribution < -0.4 is 5.32 Å². The lowest BCUT2D eigenvalue weighted by molar-refractivity contribution is -0.120. The van der Waals surface area contributed by atoms with Crippen molar-refractivity contribution >= 4 is 22.3 Å². The Morgan fingerprint density at radius 1 is 1.42 bits per heavy atom. The topological polar surface area (TPSA) is 101 Å². The molecular weight excluding hydrogens is 270 g/mol. The van der Waals surface area contributed by atoms with E-state index in [-0.39, 0.29) is 29.5 Å². The van der Waals surface area contributed by atoms with Gasteiger partial charge in [0.25, 0.3) is 10.1 Å². The molecule has 0 fully saturated rings. The smallest absolute Gasteiger partial charge is 0.264 e. The molecule has 0 spiro atoms. The molecule has 1 amide bonds. The number of rotatable bonds is 9. The van der Waals surface area contributed by atoms with Gasteiger partial charge in [-0.15, -0.1) is 0 Å². The van der Waals surface area contributed by atoms with Gasteiger partial charge in [0.2, 0.25) is 5.91 Å². The van der Waals surface area contributed by atoms with Gasteiger partial charge in [-0.1, -0.05) is 13.8 Å². The van der Waals surface area contributed by atoms with Gasteiger partial charge in [-0.2, -0.15) is 8.42 Å². The summed E-state index contributed by atoms with van der Waals surface area (Å²) in [6, 6.07) is -0.332. The maximum atomic E-state index is 11.1. The Bertz CT molecular complexity index is 402. The van der Waals surface area contributed by atoms with Crippen molar-refractivity contribution in [2.24, 2.45) is 5.41 Å². The lowest BCUT2D eigenvalue weighted by atomic mass is 9.81. The van der Waals surface area contributed by atoms with E-state index in [0.717, 1.165) is 6.29 Å². The van der Waals surface area contributed by atoms with Crippen molar-refractivity contribution in [2.75, 3.05) is 5.75 Å². The molecule has 0 aromatic heterocycles. The van der Waals surface area contributed by atoms with Gasteiger partial charge in [-0.3, -0.25) is 9.35 Å². The molecule has 0 aromatic carbocycles. The van der Waals surface area contributed by atoms with E-state index in [9.17, 15) is 18.0 Å². The van der Waals surface area contributed by atoms with Crippen LogP contribution in [-0.2, 0) is 19.7 Å². The molecule has 0 aromatic rings. The second kappa shape index (κ2) is 7.59. The van der Waals surface area contributed by atoms with Crippen molar-refractivity contribution < 1.29 is 22.6 Å². The first-order valence-corrected chi connectivity index (χ1v) is 7.82. The van der Waals surface area contributed by atoms with Crippen molar-refractivity contribution in [1.82, 2.24) is 5.32 Å². The van der Waals surface area contributed by atoms with Crippen molar-refractivity contribution in [2.45, 2.75) is 52.5 Å². The second-order valence-electron chi connectivity index (χ2n) is 5.55. The number of hydrogen-bond acceptors (Lipinski definition) is 4. The van der Waals surface area contributed by atoms with Crippen LogP contribution in [0.2, 0.25) is 0 Å². The minimum Gasteiger partial charge on any atom is -0.354 e. The molecule has 0 saturated heterocycles. The normalized spacial score (nSPS) is 13.9. The van der Waals surface area contributed by atoms with E-state index in [0.29, 0.717) is 19.3 Å². The molecule has 2 N–H and O–H groups in total. The fourth-order valence-corrected chi connectivity index (χ4v) is 2.61. The maximum absolute atomic E-state index is 11.1. The average molecular weight is 293 g/mol. The number of carbonyl (C=O) groups is 2. The summed E-state index contributed by atoms with van der Waals surface area (Å²) < 4.78 is 30.3. The summed E-state index contributed by atoms with van der Waals surface area (Å²) in [5, 5.41) is 2.68. The van der Waals surface area contributed by atoms with Crippen LogP contribution in [0.5, 0.6) is 0 Å². The van der Waals surface area contributed by atoms with Crippen molar-refractivity contribution in [1.29, 1.82) is 0 Å². The van der Waals surface area contributed by atoms with Crippen molar-refractivity contribution in [3.8, 4) is 0 Å². The molecule has 0 bridgehead atoms. The fourth-order valence-electron chi connectivity index (χ4n) is 2.02. The second-order valence-corrected chi connectivity index (χ2v) is 7.12. The van der Waals surface area contributed by atoms with Crippen LogP contribution in [0.3, 0.4) is 0 Å². The summed E-state index contributed by atoms with van der Waals surface area (Å²) in [5.41, 5.74) is -0.187. The molecule has 1 unspecified atom stereocenters. The quantitative estimate of drug-likeness (QED) is 0.491. The highest BCUT2D eigenvalue weighted by Gasteiger charge is 2.24. The average Bonchev–Trinajstić information content (AvgIpc) is 2.21. The van der Waals surface area contributed by atoms with Gasteiger partial charge in [0.05, 0.1) is 5.75 Å². The lowest BCUT2D eigenvalue weighted by Gasteiger charge is -2.29. The van der Waals surface area contributed by atoms with E-state index >= 15 is 0 Å². The largest absolute Gasteiger partial charge is 0.354 e. The Balaban J connectivity index is 4.57. The van der Waals surface area contributed by atoms with E-state index in [1.165, 1.54) is 6.92 Å². The van der Waals surface area contributed by atoms with Crippen molar-refractivity contribution in [3.63, 3.8) is 0 Å². The Morgan fingerprint density at radius 2 is 2.00 bits per heavy atom. The van der Waals surface area contributed by atoms with Crippen molar-refractivity contribution in [3.05, 3.63) is 0 Å². The minimum absolute atomic E-state index is 0.156. The standard InChI is InChI=1S/C12H23NO5S/c1-10(15)13-11(5-8-19(16,17)18)9-12(2,3)6-4-7-14/h7,11H,4-6,8-9H2,1-3H3,(H,13,15)(H,16,17,18). The summed E-state index contributed by atoms with van der Waals surface area (Å²) in [4.78, 5) is 21.5. The number of carbonyl (C=O) groups excluding carboxylic acids is 2. The number of amides is 1. The predicted molar refractivity (Wildman–Crippen MR) is 72.3 cm³/mol. The predicted octanol–water partition coefficient (Wildman–Crippen LogP) is 1.16. The third-order valence-corrected chi connectivity index (χ3v) is 3.62. The maximum Gasteiger partial charge on any atom is 0.264 e. The first kappa shape index (κ1) is 18.0. The molecule has 112 valence electrons. The van der Waals surface area contributed by atoms with Crippen LogP contribution in [0.4, 0.5) is 0 Å². The molecule has 7 heteroatoms. The summed E-state index contributed by atoms with van der Waals surface area (Å²) in [6.45, 7) is 5.27. The molecule has 0 radical (unpaired) electrons. The zero-order chi connectivity index (χ0) is 15.1. The molecule has 0 rings (SSSR count). The van der Waals surface area contributed by atoms with E-state index in [2.05, 4.69) is 5.32 Å². The van der Waals surface area contributed by atoms with Crippen LogP contribution in [0.25, 0.3) is 0 Å². The Kier molecular flexibility index (Phi) is 7.21. The highest BCUT2D eigenvalue weighted by molar-refractivity contribution is 7.85. The molecule has 0 aliphatic rings. The molecule has 6 nitrogen and oxygen atoms in total. The van der Waals surface area contributed by atoms with Crippen LogP contribution in [0.1, 0.15) is 46.5 Å². The van der Waals surface area contributed by atoms with Crippen LogP contribution in [0.15, 0.2) is 0 Å². The summed E-state index contributed by atoms with van der Waals surface area (Å²) >= 11 is 0. The van der Waals surface area contributed by atoms with E-state index in [1.807, 2.05) is 13.8 Å². The molecule has 0 heterocycles. The monoisotopic (exact) mass is 293 g/mol. The third-order valence-electron chi connectivity index (χ3n) is 2.87. The summed E-state index contributed by atoms with van der Waals surface area (Å²) in [7, 11) is -4.03. The zero-order valence-electron chi connectivity index (χ0n) is 11.7. The van der Waals surface area contributed by atoms with Gasteiger partial charge in [0.1, 0.15) is 6.29 Å². The zero-order valence-corrected chi connectivity index (χ0v) is 12.5. The van der Waals surface area contributed by atoms with E-state index in [1.54, 1.807) is 0 Å². The number of aldehydes is 1. The SMILES string of the molecule is CC(=O)NC(CCS(=O)(=O)O)CC(C)(C)CCC=O. The minimum atomic E-state index is -4.03. The van der Waals surface area contributed by atoms with Gasteiger partial charge in [-0.05, 0) is 24.7 Å². The Hall–Kier alpha value is -0.950. The van der Waals surface area contributed by atoms with Gasteiger partial charge in [-0.25, -0.2) is 0 Å². The molecule has 1 atom stereocenters. The Morgan fingerprint density at radius 3 is 2.42 bits per heavy atom. The number of nitrogens with one attached hydrogen (secondary N) is 1. The first-order chi connectivity index (χ1) is 8.56. The third kappa shape index (κ3) is 10.6. The van der Waals surface area contributed by atoms with Crippen LogP contribution in [-0.4, -0.2) is 37.0 Å². The summed E-state index contributed by atoms with van der Waals surface area (Å²) in [5.74, 6) is -0.631. The molecular formula is C12H23NO5S. The molecule has 0 saturated carbocycles.